The van der Waals surface area contributed by atoms with E-state index in [1.165, 1.54) is 17.0 Å². The van der Waals surface area contributed by atoms with E-state index in [-0.39, 0.29) is 24.1 Å². The quantitative estimate of drug-likeness (QED) is 0.845. The normalized spacial score (nSPS) is 18.1. The first-order valence-electron chi connectivity index (χ1n) is 8.06. The number of amides is 2. The van der Waals surface area contributed by atoms with Crippen molar-refractivity contribution in [3.05, 3.63) is 23.8 Å². The van der Waals surface area contributed by atoms with Gasteiger partial charge in [-0.25, -0.2) is 4.79 Å². The molecule has 0 saturated carbocycles. The smallest absolute Gasteiger partial charge is 0.420 e. The molecule has 25 heavy (non-hydrogen) atoms. The summed E-state index contributed by atoms with van der Waals surface area (Å²) in [6, 6.07) is 3.00. The highest BCUT2D eigenvalue weighted by molar-refractivity contribution is 5.89. The van der Waals surface area contributed by atoms with Crippen molar-refractivity contribution in [2.75, 3.05) is 38.2 Å². The maximum Gasteiger partial charge on any atom is 0.420 e. The van der Waals surface area contributed by atoms with Gasteiger partial charge in [0.25, 0.3) is 0 Å². The van der Waals surface area contributed by atoms with Gasteiger partial charge >= 0.3 is 12.2 Å². The SMILES string of the molecule is CCOc1ccc(NC(=O)N2CCOC(CCN)C2)cc1C(F)(F)F. The molecule has 9 heteroatoms. The van der Waals surface area contributed by atoms with E-state index in [9.17, 15) is 18.0 Å². The Labute approximate surface area is 144 Å². The topological polar surface area (TPSA) is 76.8 Å². The molecule has 140 valence electrons. The van der Waals surface area contributed by atoms with E-state index >= 15 is 0 Å². The average molecular weight is 361 g/mol. The number of ether oxygens (including phenoxy) is 2. The number of morpholine rings is 1. The summed E-state index contributed by atoms with van der Waals surface area (Å²) in [5.41, 5.74) is 4.62. The molecule has 6 nitrogen and oxygen atoms in total. The molecule has 1 aliphatic rings. The first kappa shape index (κ1) is 19.3. The summed E-state index contributed by atoms with van der Waals surface area (Å²) in [5, 5.41) is 2.50. The zero-order valence-electron chi connectivity index (χ0n) is 13.9. The third-order valence-corrected chi connectivity index (χ3v) is 3.75. The third kappa shape index (κ3) is 5.23. The van der Waals surface area contributed by atoms with Gasteiger partial charge in [-0.05, 0) is 38.1 Å². The predicted octanol–water partition coefficient (Wildman–Crippen LogP) is 2.69. The van der Waals surface area contributed by atoms with Crippen LogP contribution in [0.3, 0.4) is 0 Å². The minimum atomic E-state index is -4.57. The fourth-order valence-corrected chi connectivity index (χ4v) is 2.58. The molecule has 1 atom stereocenters. The van der Waals surface area contributed by atoms with Crippen molar-refractivity contribution in [2.45, 2.75) is 25.6 Å². The number of alkyl halides is 3. The minimum absolute atomic E-state index is 0.0580. The van der Waals surface area contributed by atoms with Gasteiger partial charge in [0.15, 0.2) is 0 Å². The number of hydrogen-bond donors (Lipinski definition) is 2. The maximum atomic E-state index is 13.1. The minimum Gasteiger partial charge on any atom is -0.493 e. The number of nitrogens with one attached hydrogen (secondary N) is 1. The predicted molar refractivity (Wildman–Crippen MR) is 86.6 cm³/mol. The molecular weight excluding hydrogens is 339 g/mol. The molecule has 0 aromatic heterocycles. The molecule has 1 unspecified atom stereocenters. The van der Waals surface area contributed by atoms with Crippen LogP contribution in [0.1, 0.15) is 18.9 Å². The lowest BCUT2D eigenvalue weighted by Crippen LogP contribution is -2.47. The molecule has 1 aromatic carbocycles. The Morgan fingerprint density at radius 2 is 2.24 bits per heavy atom. The second-order valence-corrected chi connectivity index (χ2v) is 5.59. The average Bonchev–Trinajstić information content (AvgIpc) is 2.56. The Kier molecular flexibility index (Phi) is 6.49. The lowest BCUT2D eigenvalue weighted by Gasteiger charge is -2.32. The number of hydrogen-bond acceptors (Lipinski definition) is 4. The van der Waals surface area contributed by atoms with Crippen LogP contribution < -0.4 is 15.8 Å². The maximum absolute atomic E-state index is 13.1. The second kappa shape index (κ2) is 8.39. The van der Waals surface area contributed by atoms with Crippen LogP contribution in [0.2, 0.25) is 0 Å². The number of benzene rings is 1. The van der Waals surface area contributed by atoms with E-state index in [4.69, 9.17) is 15.2 Å². The van der Waals surface area contributed by atoms with Gasteiger partial charge in [-0.1, -0.05) is 0 Å². The standard InChI is InChI=1S/C16H22F3N3O3/c1-2-24-14-4-3-11(9-13(14)16(17,18)19)21-15(23)22-7-8-25-12(10-22)5-6-20/h3-4,9,12H,2,5-8,10,20H2,1H3,(H,21,23). The van der Waals surface area contributed by atoms with Crippen molar-refractivity contribution in [1.82, 2.24) is 4.90 Å². The number of nitrogens with zero attached hydrogens (tertiary/aromatic N) is 1. The van der Waals surface area contributed by atoms with Crippen molar-refractivity contribution >= 4 is 11.7 Å². The molecule has 1 heterocycles. The van der Waals surface area contributed by atoms with Crippen molar-refractivity contribution in [3.8, 4) is 5.75 Å². The molecule has 1 aliphatic heterocycles. The Morgan fingerprint density at radius 3 is 2.88 bits per heavy atom. The van der Waals surface area contributed by atoms with Crippen LogP contribution in [-0.4, -0.2) is 49.9 Å². The van der Waals surface area contributed by atoms with Gasteiger partial charge in [0.2, 0.25) is 0 Å². The first-order valence-corrected chi connectivity index (χ1v) is 8.06. The largest absolute Gasteiger partial charge is 0.493 e. The number of nitrogens with two attached hydrogens (primary N) is 1. The van der Waals surface area contributed by atoms with E-state index in [0.717, 1.165) is 6.07 Å². The van der Waals surface area contributed by atoms with Gasteiger partial charge in [0.1, 0.15) is 5.75 Å². The van der Waals surface area contributed by atoms with Crippen molar-refractivity contribution < 1.29 is 27.4 Å². The van der Waals surface area contributed by atoms with Crippen molar-refractivity contribution in [2.24, 2.45) is 5.73 Å². The lowest BCUT2D eigenvalue weighted by atomic mass is 10.1. The molecule has 0 bridgehead atoms. The summed E-state index contributed by atoms with van der Waals surface area (Å²) >= 11 is 0. The second-order valence-electron chi connectivity index (χ2n) is 5.59. The van der Waals surface area contributed by atoms with Crippen LogP contribution >= 0.6 is 0 Å². The molecule has 1 aromatic rings. The number of halogens is 3. The van der Waals surface area contributed by atoms with Crippen molar-refractivity contribution in [3.63, 3.8) is 0 Å². The summed E-state index contributed by atoms with van der Waals surface area (Å²) in [5.74, 6) is -0.262. The zero-order valence-corrected chi connectivity index (χ0v) is 13.9. The van der Waals surface area contributed by atoms with E-state index in [1.54, 1.807) is 6.92 Å². The van der Waals surface area contributed by atoms with Crippen molar-refractivity contribution in [1.29, 1.82) is 0 Å². The Balaban J connectivity index is 2.10. The highest BCUT2D eigenvalue weighted by Crippen LogP contribution is 2.38. The Morgan fingerprint density at radius 1 is 1.48 bits per heavy atom. The fraction of sp³-hybridized carbons (Fsp3) is 0.562. The highest BCUT2D eigenvalue weighted by atomic mass is 19.4. The number of carbonyl (C=O) groups excluding carboxylic acids is 1. The van der Waals surface area contributed by atoms with Crippen LogP contribution in [0, 0.1) is 0 Å². The van der Waals surface area contributed by atoms with Crippen LogP contribution in [0.25, 0.3) is 0 Å². The van der Waals surface area contributed by atoms with E-state index in [2.05, 4.69) is 5.32 Å². The van der Waals surface area contributed by atoms with E-state index < -0.39 is 17.8 Å². The molecule has 1 saturated heterocycles. The zero-order chi connectivity index (χ0) is 18.4. The van der Waals surface area contributed by atoms with Crippen LogP contribution in [0.4, 0.5) is 23.7 Å². The number of urea groups is 1. The molecule has 0 radical (unpaired) electrons. The van der Waals surface area contributed by atoms with Gasteiger partial charge in [0.05, 0.1) is 24.9 Å². The van der Waals surface area contributed by atoms with E-state index in [1.807, 2.05) is 0 Å². The van der Waals surface area contributed by atoms with Gasteiger partial charge in [-0.15, -0.1) is 0 Å². The first-order chi connectivity index (χ1) is 11.8. The van der Waals surface area contributed by atoms with Crippen LogP contribution in [0.5, 0.6) is 5.75 Å². The summed E-state index contributed by atoms with van der Waals surface area (Å²) in [4.78, 5) is 13.8. The van der Waals surface area contributed by atoms with Gasteiger partial charge in [-0.3, -0.25) is 0 Å². The van der Waals surface area contributed by atoms with Crippen LogP contribution in [-0.2, 0) is 10.9 Å². The summed E-state index contributed by atoms with van der Waals surface area (Å²) in [7, 11) is 0. The van der Waals surface area contributed by atoms with E-state index in [0.29, 0.717) is 32.7 Å². The molecule has 0 aliphatic carbocycles. The monoisotopic (exact) mass is 361 g/mol. The fourth-order valence-electron chi connectivity index (χ4n) is 2.58. The number of rotatable bonds is 5. The molecular formula is C16H22F3N3O3. The molecule has 2 rings (SSSR count). The van der Waals surface area contributed by atoms with Gasteiger partial charge in [-0.2, -0.15) is 13.2 Å². The third-order valence-electron chi connectivity index (χ3n) is 3.75. The van der Waals surface area contributed by atoms with Gasteiger partial charge < -0.3 is 25.4 Å². The summed E-state index contributed by atoms with van der Waals surface area (Å²) < 4.78 is 49.9. The molecule has 2 amide bonds. The Hall–Kier alpha value is -2.00. The summed E-state index contributed by atoms with van der Waals surface area (Å²) in [6.45, 7) is 3.25. The number of carbonyl (C=O) groups is 1. The number of anilines is 1. The van der Waals surface area contributed by atoms with Crippen LogP contribution in [0.15, 0.2) is 18.2 Å². The van der Waals surface area contributed by atoms with Gasteiger partial charge in [0, 0.05) is 18.8 Å². The molecule has 1 fully saturated rings. The summed E-state index contributed by atoms with van der Waals surface area (Å²) in [6.07, 6.45) is -4.11. The Bertz CT molecular complexity index is 594. The highest BCUT2D eigenvalue weighted by Gasteiger charge is 2.35. The molecule has 0 spiro atoms. The lowest BCUT2D eigenvalue weighted by molar-refractivity contribution is -0.138. The molecule has 3 N–H and O–H groups in total.